The Kier molecular flexibility index (Phi) is 5.42. The van der Waals surface area contributed by atoms with Gasteiger partial charge in [0.25, 0.3) is 0 Å². The third-order valence-corrected chi connectivity index (χ3v) is 5.15. The fourth-order valence-corrected chi connectivity index (χ4v) is 3.62. The monoisotopic (exact) mass is 343 g/mol. The second-order valence-corrected chi connectivity index (χ2v) is 7.56. The Morgan fingerprint density at radius 2 is 1.76 bits per heavy atom. The van der Waals surface area contributed by atoms with Crippen LogP contribution in [0.15, 0.2) is 24.3 Å². The molecule has 1 aliphatic heterocycles. The van der Waals surface area contributed by atoms with Gasteiger partial charge in [-0.2, -0.15) is 0 Å². The number of hydrogen-bond acceptors (Lipinski definition) is 3. The summed E-state index contributed by atoms with van der Waals surface area (Å²) in [7, 11) is 3.90. The molecular weight excluding hydrogens is 314 g/mol. The van der Waals surface area contributed by atoms with Gasteiger partial charge in [-0.15, -0.1) is 0 Å². The molecule has 1 saturated carbocycles. The fraction of sp³-hybridized carbons (Fsp3) is 0.600. The topological polar surface area (TPSA) is 43.9 Å². The number of likely N-dealkylation sites (N-methyl/N-ethyl adjacent to an activating group) is 1. The summed E-state index contributed by atoms with van der Waals surface area (Å²) >= 11 is 0. The Labute approximate surface area is 150 Å². The molecule has 2 amide bonds. The van der Waals surface area contributed by atoms with Gasteiger partial charge in [0.1, 0.15) is 6.04 Å². The molecule has 1 aromatic rings. The van der Waals surface area contributed by atoms with Crippen LogP contribution in [0, 0.1) is 12.8 Å². The van der Waals surface area contributed by atoms with Gasteiger partial charge in [-0.25, -0.2) is 0 Å². The average Bonchev–Trinajstić information content (AvgIpc) is 3.41. The lowest BCUT2D eigenvalue weighted by molar-refractivity contribution is -0.137. The smallest absolute Gasteiger partial charge is 0.244 e. The molecule has 0 aromatic heterocycles. The van der Waals surface area contributed by atoms with Gasteiger partial charge >= 0.3 is 0 Å². The first-order valence-corrected chi connectivity index (χ1v) is 9.28. The SMILES string of the molecule is Cc1cccc([C@@H](C(=O)N2CCCN(C(=O)C3CC3)CC2)N(C)C)c1. The van der Waals surface area contributed by atoms with E-state index in [2.05, 4.69) is 6.07 Å². The first-order chi connectivity index (χ1) is 12.0. The van der Waals surface area contributed by atoms with Crippen molar-refractivity contribution in [1.29, 1.82) is 0 Å². The molecule has 1 heterocycles. The van der Waals surface area contributed by atoms with Crippen LogP contribution in [-0.4, -0.2) is 66.8 Å². The minimum atomic E-state index is -0.273. The molecule has 2 fully saturated rings. The number of hydrogen-bond donors (Lipinski definition) is 0. The van der Waals surface area contributed by atoms with Gasteiger partial charge in [-0.05, 0) is 45.8 Å². The lowest BCUT2D eigenvalue weighted by atomic mass is 10.0. The number of aryl methyl sites for hydroxylation is 1. The standard InChI is InChI=1S/C20H29N3O2/c1-15-6-4-7-17(14-15)18(21(2)3)20(25)23-11-5-10-22(12-13-23)19(24)16-8-9-16/h4,6-7,14,16,18H,5,8-13H2,1-3H3/t18-/m0/s1. The number of amides is 2. The first kappa shape index (κ1) is 17.9. The fourth-order valence-electron chi connectivity index (χ4n) is 3.62. The highest BCUT2D eigenvalue weighted by atomic mass is 16.2. The van der Waals surface area contributed by atoms with E-state index in [0.717, 1.165) is 43.5 Å². The van der Waals surface area contributed by atoms with Gasteiger partial charge < -0.3 is 9.80 Å². The molecule has 0 N–H and O–H groups in total. The van der Waals surface area contributed by atoms with Crippen molar-refractivity contribution in [2.24, 2.45) is 5.92 Å². The molecule has 136 valence electrons. The van der Waals surface area contributed by atoms with Crippen LogP contribution < -0.4 is 0 Å². The van der Waals surface area contributed by atoms with E-state index in [1.165, 1.54) is 0 Å². The van der Waals surface area contributed by atoms with Crippen LogP contribution in [-0.2, 0) is 9.59 Å². The molecule has 2 aliphatic rings. The molecule has 25 heavy (non-hydrogen) atoms. The van der Waals surface area contributed by atoms with Crippen LogP contribution in [0.2, 0.25) is 0 Å². The van der Waals surface area contributed by atoms with Crippen LogP contribution in [0.5, 0.6) is 0 Å². The molecule has 0 bridgehead atoms. The summed E-state index contributed by atoms with van der Waals surface area (Å²) in [5.74, 6) is 0.678. The summed E-state index contributed by atoms with van der Waals surface area (Å²) < 4.78 is 0. The van der Waals surface area contributed by atoms with Crippen molar-refractivity contribution in [3.05, 3.63) is 35.4 Å². The lowest BCUT2D eigenvalue weighted by Crippen LogP contribution is -2.43. The number of carbonyl (C=O) groups is 2. The summed E-state index contributed by atoms with van der Waals surface area (Å²) in [6.07, 6.45) is 2.93. The Hall–Kier alpha value is -1.88. The maximum atomic E-state index is 13.2. The number of rotatable bonds is 4. The third kappa shape index (κ3) is 4.21. The molecule has 3 rings (SSSR count). The maximum Gasteiger partial charge on any atom is 0.244 e. The second-order valence-electron chi connectivity index (χ2n) is 7.56. The normalized spacial score (nSPS) is 19.7. The summed E-state index contributed by atoms with van der Waals surface area (Å²) in [6, 6.07) is 7.89. The molecule has 0 spiro atoms. The van der Waals surface area contributed by atoms with Gasteiger partial charge in [0, 0.05) is 32.1 Å². The van der Waals surface area contributed by atoms with Crippen molar-refractivity contribution >= 4 is 11.8 Å². The largest absolute Gasteiger partial charge is 0.341 e. The quantitative estimate of drug-likeness (QED) is 0.841. The van der Waals surface area contributed by atoms with E-state index >= 15 is 0 Å². The van der Waals surface area contributed by atoms with Crippen LogP contribution >= 0.6 is 0 Å². The van der Waals surface area contributed by atoms with Gasteiger partial charge in [0.2, 0.25) is 11.8 Å². The predicted octanol–water partition coefficient (Wildman–Crippen LogP) is 2.07. The molecule has 1 atom stereocenters. The van der Waals surface area contributed by atoms with Crippen molar-refractivity contribution in [3.8, 4) is 0 Å². The minimum absolute atomic E-state index is 0.135. The van der Waals surface area contributed by atoms with Gasteiger partial charge in [-0.1, -0.05) is 29.8 Å². The minimum Gasteiger partial charge on any atom is -0.341 e. The van der Waals surface area contributed by atoms with Crippen molar-refractivity contribution in [3.63, 3.8) is 0 Å². The second kappa shape index (κ2) is 7.56. The van der Waals surface area contributed by atoms with E-state index in [4.69, 9.17) is 0 Å². The Bertz CT molecular complexity index is 640. The lowest BCUT2D eigenvalue weighted by Gasteiger charge is -2.30. The van der Waals surface area contributed by atoms with Crippen LogP contribution in [0.25, 0.3) is 0 Å². The van der Waals surface area contributed by atoms with Crippen LogP contribution in [0.3, 0.4) is 0 Å². The van der Waals surface area contributed by atoms with E-state index < -0.39 is 0 Å². The Balaban J connectivity index is 1.70. The summed E-state index contributed by atoms with van der Waals surface area (Å²) in [4.78, 5) is 31.4. The van der Waals surface area contributed by atoms with Crippen molar-refractivity contribution in [2.45, 2.75) is 32.2 Å². The molecule has 5 nitrogen and oxygen atoms in total. The van der Waals surface area contributed by atoms with E-state index in [-0.39, 0.29) is 23.8 Å². The maximum absolute atomic E-state index is 13.2. The zero-order chi connectivity index (χ0) is 18.0. The zero-order valence-corrected chi connectivity index (χ0v) is 15.6. The highest BCUT2D eigenvalue weighted by Gasteiger charge is 2.35. The number of benzene rings is 1. The molecule has 0 unspecified atom stereocenters. The molecule has 1 aliphatic carbocycles. The third-order valence-electron chi connectivity index (χ3n) is 5.15. The number of carbonyl (C=O) groups excluding carboxylic acids is 2. The Morgan fingerprint density at radius 1 is 1.08 bits per heavy atom. The first-order valence-electron chi connectivity index (χ1n) is 9.28. The van der Waals surface area contributed by atoms with E-state index in [9.17, 15) is 9.59 Å². The van der Waals surface area contributed by atoms with E-state index in [1.807, 2.05) is 53.9 Å². The highest BCUT2D eigenvalue weighted by Crippen LogP contribution is 2.31. The molecule has 1 saturated heterocycles. The van der Waals surface area contributed by atoms with Crippen molar-refractivity contribution in [2.75, 3.05) is 40.3 Å². The van der Waals surface area contributed by atoms with Crippen LogP contribution in [0.1, 0.15) is 36.4 Å². The molecular formula is C20H29N3O2. The van der Waals surface area contributed by atoms with Crippen molar-refractivity contribution < 1.29 is 9.59 Å². The molecule has 5 heteroatoms. The van der Waals surface area contributed by atoms with Gasteiger partial charge in [0.15, 0.2) is 0 Å². The molecule has 0 radical (unpaired) electrons. The Morgan fingerprint density at radius 3 is 2.40 bits per heavy atom. The van der Waals surface area contributed by atoms with Crippen molar-refractivity contribution in [1.82, 2.24) is 14.7 Å². The van der Waals surface area contributed by atoms with Gasteiger partial charge in [-0.3, -0.25) is 14.5 Å². The van der Waals surface area contributed by atoms with Crippen LogP contribution in [0.4, 0.5) is 0 Å². The average molecular weight is 343 g/mol. The predicted molar refractivity (Wildman–Crippen MR) is 98.1 cm³/mol. The molecule has 1 aromatic carbocycles. The zero-order valence-electron chi connectivity index (χ0n) is 15.6. The number of nitrogens with zero attached hydrogens (tertiary/aromatic N) is 3. The summed E-state index contributed by atoms with van der Waals surface area (Å²) in [5, 5.41) is 0. The van der Waals surface area contributed by atoms with Gasteiger partial charge in [0.05, 0.1) is 0 Å². The summed E-state index contributed by atoms with van der Waals surface area (Å²) in [6.45, 7) is 4.84. The highest BCUT2D eigenvalue weighted by molar-refractivity contribution is 5.84. The summed E-state index contributed by atoms with van der Waals surface area (Å²) in [5.41, 5.74) is 2.19. The van der Waals surface area contributed by atoms with E-state index in [0.29, 0.717) is 13.1 Å². The van der Waals surface area contributed by atoms with E-state index in [1.54, 1.807) is 0 Å².